The van der Waals surface area contributed by atoms with Crippen LogP contribution in [0.5, 0.6) is 0 Å². The predicted molar refractivity (Wildman–Crippen MR) is 130 cm³/mol. The maximum atomic E-state index is 12.5. The quantitative estimate of drug-likeness (QED) is 0.491. The van der Waals surface area contributed by atoms with Gasteiger partial charge in [0, 0.05) is 36.6 Å². The van der Waals surface area contributed by atoms with Gasteiger partial charge in [-0.15, -0.1) is 0 Å². The molecular formula is C26H28N4O3. The second kappa shape index (κ2) is 10.9. The molecule has 1 unspecified atom stereocenters. The third-order valence-electron chi connectivity index (χ3n) is 5.07. The van der Waals surface area contributed by atoms with E-state index in [1.165, 1.54) is 4.90 Å². The zero-order valence-corrected chi connectivity index (χ0v) is 19.0. The monoisotopic (exact) mass is 444 g/mol. The van der Waals surface area contributed by atoms with Gasteiger partial charge in [0.1, 0.15) is 0 Å². The number of carbonyl (C=O) groups excluding carboxylic acids is 3. The number of rotatable bonds is 8. The topological polar surface area (TPSA) is 90.5 Å². The van der Waals surface area contributed by atoms with Crippen molar-refractivity contribution in [2.45, 2.75) is 13.0 Å². The number of nitrogens with zero attached hydrogens (tertiary/aromatic N) is 1. The lowest BCUT2D eigenvalue weighted by Crippen LogP contribution is -2.26. The molecule has 1 atom stereocenters. The number of amides is 3. The summed E-state index contributed by atoms with van der Waals surface area (Å²) in [7, 11) is 3.38. The molecule has 7 nitrogen and oxygen atoms in total. The van der Waals surface area contributed by atoms with Crippen LogP contribution in [-0.2, 0) is 4.79 Å². The number of nitrogens with one attached hydrogen (secondary N) is 3. The van der Waals surface area contributed by atoms with Crippen LogP contribution in [0.4, 0.5) is 11.4 Å². The Kier molecular flexibility index (Phi) is 7.81. The molecule has 3 amide bonds. The van der Waals surface area contributed by atoms with Crippen molar-refractivity contribution in [1.82, 2.24) is 10.2 Å². The summed E-state index contributed by atoms with van der Waals surface area (Å²) in [4.78, 5) is 38.1. The summed E-state index contributed by atoms with van der Waals surface area (Å²) in [5.41, 5.74) is 3.47. The zero-order valence-electron chi connectivity index (χ0n) is 19.0. The zero-order chi connectivity index (χ0) is 23.8. The molecule has 0 aliphatic carbocycles. The van der Waals surface area contributed by atoms with Gasteiger partial charge in [0.25, 0.3) is 11.8 Å². The molecule has 170 valence electrons. The molecular weight excluding hydrogens is 416 g/mol. The molecule has 0 radical (unpaired) electrons. The largest absolute Gasteiger partial charge is 0.376 e. The Morgan fingerprint density at radius 3 is 1.97 bits per heavy atom. The second-order valence-corrected chi connectivity index (χ2v) is 7.86. The van der Waals surface area contributed by atoms with Crippen LogP contribution in [0, 0.1) is 0 Å². The highest BCUT2D eigenvalue weighted by molar-refractivity contribution is 5.97. The van der Waals surface area contributed by atoms with E-state index in [9.17, 15) is 14.4 Å². The van der Waals surface area contributed by atoms with E-state index in [-0.39, 0.29) is 30.3 Å². The third-order valence-corrected chi connectivity index (χ3v) is 5.07. The Bertz CT molecular complexity index is 1090. The third kappa shape index (κ3) is 6.67. The molecule has 0 fully saturated rings. The van der Waals surface area contributed by atoms with E-state index in [0.717, 1.165) is 11.3 Å². The fraction of sp³-hybridized carbons (Fsp3) is 0.192. The van der Waals surface area contributed by atoms with Crippen LogP contribution in [0.2, 0.25) is 0 Å². The van der Waals surface area contributed by atoms with Crippen molar-refractivity contribution in [1.29, 1.82) is 0 Å². The highest BCUT2D eigenvalue weighted by atomic mass is 16.2. The van der Waals surface area contributed by atoms with Crippen LogP contribution in [-0.4, -0.2) is 43.3 Å². The van der Waals surface area contributed by atoms with Crippen LogP contribution >= 0.6 is 0 Å². The van der Waals surface area contributed by atoms with E-state index in [1.807, 2.05) is 37.3 Å². The fourth-order valence-electron chi connectivity index (χ4n) is 3.19. The number of benzene rings is 3. The first-order valence-electron chi connectivity index (χ1n) is 10.6. The molecule has 7 heteroatoms. The maximum Gasteiger partial charge on any atom is 0.253 e. The number of carbonyl (C=O) groups is 3. The van der Waals surface area contributed by atoms with Crippen molar-refractivity contribution in [3.63, 3.8) is 0 Å². The molecule has 0 aliphatic rings. The van der Waals surface area contributed by atoms with Gasteiger partial charge < -0.3 is 20.9 Å². The Morgan fingerprint density at radius 1 is 0.788 bits per heavy atom. The normalized spacial score (nSPS) is 11.2. The van der Waals surface area contributed by atoms with Crippen molar-refractivity contribution in [2.75, 3.05) is 31.3 Å². The lowest BCUT2D eigenvalue weighted by molar-refractivity contribution is -0.114. The summed E-state index contributed by atoms with van der Waals surface area (Å²) in [6.07, 6.45) is 0. The summed E-state index contributed by atoms with van der Waals surface area (Å²) in [6.45, 7) is 2.00. The van der Waals surface area contributed by atoms with E-state index in [1.54, 1.807) is 62.6 Å². The molecule has 0 saturated heterocycles. The number of hydrogen-bond donors (Lipinski definition) is 3. The highest BCUT2D eigenvalue weighted by Crippen LogP contribution is 2.15. The molecule has 0 aliphatic heterocycles. The van der Waals surface area contributed by atoms with Crippen LogP contribution in [0.25, 0.3) is 0 Å². The molecule has 0 aromatic heterocycles. The van der Waals surface area contributed by atoms with Crippen LogP contribution in [0.3, 0.4) is 0 Å². The lowest BCUT2D eigenvalue weighted by Gasteiger charge is -2.14. The predicted octanol–water partition coefficient (Wildman–Crippen LogP) is 3.93. The Hall–Kier alpha value is -4.13. The molecule has 3 aromatic carbocycles. The molecule has 0 bridgehead atoms. The van der Waals surface area contributed by atoms with Crippen molar-refractivity contribution in [3.05, 3.63) is 95.6 Å². The Balaban J connectivity index is 1.48. The first-order chi connectivity index (χ1) is 15.8. The summed E-state index contributed by atoms with van der Waals surface area (Å²) >= 11 is 0. The van der Waals surface area contributed by atoms with Crippen molar-refractivity contribution >= 4 is 29.1 Å². The van der Waals surface area contributed by atoms with Gasteiger partial charge in [0.05, 0.1) is 12.6 Å². The minimum Gasteiger partial charge on any atom is -0.376 e. The summed E-state index contributed by atoms with van der Waals surface area (Å²) in [5.74, 6) is -0.478. The van der Waals surface area contributed by atoms with Crippen LogP contribution in [0.1, 0.15) is 39.2 Å². The van der Waals surface area contributed by atoms with E-state index in [2.05, 4.69) is 16.0 Å². The minimum absolute atomic E-state index is 0.0644. The van der Waals surface area contributed by atoms with Gasteiger partial charge in [-0.05, 0) is 61.0 Å². The van der Waals surface area contributed by atoms with Gasteiger partial charge in [-0.1, -0.05) is 30.3 Å². The van der Waals surface area contributed by atoms with Gasteiger partial charge in [-0.3, -0.25) is 14.4 Å². The maximum absolute atomic E-state index is 12.5. The molecule has 0 heterocycles. The molecule has 3 rings (SSSR count). The van der Waals surface area contributed by atoms with Gasteiger partial charge in [-0.25, -0.2) is 0 Å². The van der Waals surface area contributed by atoms with E-state index >= 15 is 0 Å². The molecule has 3 N–H and O–H groups in total. The van der Waals surface area contributed by atoms with E-state index in [4.69, 9.17) is 0 Å². The molecule has 0 spiro atoms. The van der Waals surface area contributed by atoms with Crippen LogP contribution in [0.15, 0.2) is 78.9 Å². The van der Waals surface area contributed by atoms with Gasteiger partial charge in [0.2, 0.25) is 5.91 Å². The van der Waals surface area contributed by atoms with Gasteiger partial charge >= 0.3 is 0 Å². The number of hydrogen-bond acceptors (Lipinski definition) is 4. The first-order valence-corrected chi connectivity index (χ1v) is 10.6. The van der Waals surface area contributed by atoms with E-state index < -0.39 is 0 Å². The SMILES string of the molecule is CC(NC(=O)c1ccc(NCC(=O)Nc2ccc(C(=O)N(C)C)cc2)cc1)c1ccccc1. The van der Waals surface area contributed by atoms with Crippen molar-refractivity contribution in [3.8, 4) is 0 Å². The lowest BCUT2D eigenvalue weighted by atomic mass is 10.1. The Labute approximate surface area is 193 Å². The van der Waals surface area contributed by atoms with Gasteiger partial charge in [-0.2, -0.15) is 0 Å². The fourth-order valence-corrected chi connectivity index (χ4v) is 3.19. The summed E-state index contributed by atoms with van der Waals surface area (Å²) in [5, 5.41) is 8.80. The average molecular weight is 445 g/mol. The van der Waals surface area contributed by atoms with Crippen molar-refractivity contribution < 1.29 is 14.4 Å². The summed E-state index contributed by atoms with van der Waals surface area (Å²) in [6, 6.07) is 23.4. The van der Waals surface area contributed by atoms with Crippen molar-refractivity contribution in [2.24, 2.45) is 0 Å². The number of anilines is 2. The smallest absolute Gasteiger partial charge is 0.253 e. The van der Waals surface area contributed by atoms with E-state index in [0.29, 0.717) is 16.8 Å². The molecule has 0 saturated carbocycles. The highest BCUT2D eigenvalue weighted by Gasteiger charge is 2.12. The Morgan fingerprint density at radius 2 is 1.36 bits per heavy atom. The first kappa shape index (κ1) is 23.5. The summed E-state index contributed by atoms with van der Waals surface area (Å²) < 4.78 is 0. The molecule has 33 heavy (non-hydrogen) atoms. The average Bonchev–Trinajstić information content (AvgIpc) is 2.83. The standard InChI is InChI=1S/C26H28N4O3/c1-18(19-7-5-4-6-8-19)28-25(32)20-9-13-22(14-10-20)27-17-24(31)29-23-15-11-21(12-16-23)26(33)30(2)3/h4-16,18,27H,17H2,1-3H3,(H,28,32)(H,29,31). The minimum atomic E-state index is -0.222. The molecule has 3 aromatic rings. The van der Waals surface area contributed by atoms with Crippen LogP contribution < -0.4 is 16.0 Å². The van der Waals surface area contributed by atoms with Gasteiger partial charge in [0.15, 0.2) is 0 Å². The second-order valence-electron chi connectivity index (χ2n) is 7.86.